The highest BCUT2D eigenvalue weighted by atomic mass is 15.1. The van der Waals surface area contributed by atoms with Gasteiger partial charge in [0.15, 0.2) is 0 Å². The molecule has 1 heteroatoms. The Labute approximate surface area is 135 Å². The maximum Gasteiger partial charge on any atom is 0.0172 e. The molecule has 0 aromatic rings. The van der Waals surface area contributed by atoms with Crippen LogP contribution < -0.4 is 0 Å². The van der Waals surface area contributed by atoms with Crippen molar-refractivity contribution in [3.05, 3.63) is 12.8 Å². The van der Waals surface area contributed by atoms with E-state index in [4.69, 9.17) is 0 Å². The van der Waals surface area contributed by atoms with Gasteiger partial charge in [0.2, 0.25) is 0 Å². The van der Waals surface area contributed by atoms with Gasteiger partial charge in [0.1, 0.15) is 0 Å². The molecule has 0 aliphatic heterocycles. The van der Waals surface area contributed by atoms with Crippen molar-refractivity contribution in [3.63, 3.8) is 0 Å². The Bertz CT molecular complexity index is 182. The first kappa shape index (κ1) is 20.5. The first-order chi connectivity index (χ1) is 10.3. The SMILES string of the molecule is C=CN(CCCCCCCCC)CCCCCCCCC. The Kier molecular flexibility index (Phi) is 17.2. The van der Waals surface area contributed by atoms with E-state index >= 15 is 0 Å². The Morgan fingerprint density at radius 3 is 1.24 bits per heavy atom. The number of rotatable bonds is 17. The molecule has 1 nitrogen and oxygen atoms in total. The Morgan fingerprint density at radius 1 is 0.571 bits per heavy atom. The third kappa shape index (κ3) is 15.7. The zero-order chi connectivity index (χ0) is 15.6. The van der Waals surface area contributed by atoms with Crippen molar-refractivity contribution in [2.75, 3.05) is 13.1 Å². The highest BCUT2D eigenvalue weighted by Crippen LogP contribution is 2.10. The van der Waals surface area contributed by atoms with Crippen LogP contribution in [-0.4, -0.2) is 18.0 Å². The summed E-state index contributed by atoms with van der Waals surface area (Å²) < 4.78 is 0. The Hall–Kier alpha value is -0.460. The number of hydrogen-bond donors (Lipinski definition) is 0. The van der Waals surface area contributed by atoms with E-state index in [1.165, 1.54) is 103 Å². The normalized spacial score (nSPS) is 10.8. The molecule has 0 fully saturated rings. The molecule has 0 bridgehead atoms. The third-order valence-electron chi connectivity index (χ3n) is 4.36. The van der Waals surface area contributed by atoms with E-state index in [0.717, 1.165) is 0 Å². The smallest absolute Gasteiger partial charge is 0.0172 e. The van der Waals surface area contributed by atoms with Crippen molar-refractivity contribution in [2.24, 2.45) is 0 Å². The minimum absolute atomic E-state index is 1.22. The molecular formula is C20H41N. The monoisotopic (exact) mass is 295 g/mol. The standard InChI is InChI=1S/C20H41N/c1-4-7-9-11-13-15-17-19-21(6-3)20-18-16-14-12-10-8-5-2/h6H,3-5,7-20H2,1-2H3. The lowest BCUT2D eigenvalue weighted by Gasteiger charge is -2.19. The molecule has 0 radical (unpaired) electrons. The summed E-state index contributed by atoms with van der Waals surface area (Å²) in [7, 11) is 0. The van der Waals surface area contributed by atoms with E-state index in [2.05, 4.69) is 25.3 Å². The van der Waals surface area contributed by atoms with Crippen LogP contribution in [0.5, 0.6) is 0 Å². The maximum absolute atomic E-state index is 3.97. The van der Waals surface area contributed by atoms with Crippen LogP contribution in [0.15, 0.2) is 12.8 Å². The summed E-state index contributed by atoms with van der Waals surface area (Å²) >= 11 is 0. The van der Waals surface area contributed by atoms with Gasteiger partial charge in [0.05, 0.1) is 0 Å². The summed E-state index contributed by atoms with van der Waals surface area (Å²) in [5.74, 6) is 0. The lowest BCUT2D eigenvalue weighted by molar-refractivity contribution is 0.350. The fraction of sp³-hybridized carbons (Fsp3) is 0.900. The summed E-state index contributed by atoms with van der Waals surface area (Å²) in [4.78, 5) is 2.43. The second kappa shape index (κ2) is 17.6. The molecule has 0 aromatic heterocycles. The molecule has 0 spiro atoms. The van der Waals surface area contributed by atoms with E-state index in [9.17, 15) is 0 Å². The molecule has 0 unspecified atom stereocenters. The van der Waals surface area contributed by atoms with Crippen molar-refractivity contribution < 1.29 is 0 Å². The van der Waals surface area contributed by atoms with Crippen molar-refractivity contribution in [2.45, 2.75) is 104 Å². The second-order valence-corrected chi connectivity index (χ2v) is 6.46. The largest absolute Gasteiger partial charge is 0.378 e. The van der Waals surface area contributed by atoms with Gasteiger partial charge in [0, 0.05) is 13.1 Å². The van der Waals surface area contributed by atoms with Crippen molar-refractivity contribution >= 4 is 0 Å². The predicted octanol–water partition coefficient (Wildman–Crippen LogP) is 6.93. The van der Waals surface area contributed by atoms with E-state index < -0.39 is 0 Å². The molecular weight excluding hydrogens is 254 g/mol. The van der Waals surface area contributed by atoms with Gasteiger partial charge in [-0.05, 0) is 19.0 Å². The van der Waals surface area contributed by atoms with Gasteiger partial charge < -0.3 is 4.90 Å². The molecule has 126 valence electrons. The zero-order valence-electron chi connectivity index (χ0n) is 15.0. The van der Waals surface area contributed by atoms with Crippen LogP contribution in [0.4, 0.5) is 0 Å². The summed E-state index contributed by atoms with van der Waals surface area (Å²) in [5.41, 5.74) is 0. The topological polar surface area (TPSA) is 3.24 Å². The van der Waals surface area contributed by atoms with Gasteiger partial charge in [-0.3, -0.25) is 0 Å². The summed E-state index contributed by atoms with van der Waals surface area (Å²) in [6.07, 6.45) is 21.6. The molecule has 0 N–H and O–H groups in total. The Morgan fingerprint density at radius 2 is 0.905 bits per heavy atom. The fourth-order valence-electron chi connectivity index (χ4n) is 2.84. The van der Waals surface area contributed by atoms with Crippen molar-refractivity contribution in [1.29, 1.82) is 0 Å². The lowest BCUT2D eigenvalue weighted by Crippen LogP contribution is -2.19. The van der Waals surface area contributed by atoms with Crippen LogP contribution in [-0.2, 0) is 0 Å². The van der Waals surface area contributed by atoms with Crippen LogP contribution >= 0.6 is 0 Å². The molecule has 21 heavy (non-hydrogen) atoms. The minimum atomic E-state index is 1.22. The summed E-state index contributed by atoms with van der Waals surface area (Å²) in [6.45, 7) is 11.0. The van der Waals surface area contributed by atoms with Gasteiger partial charge >= 0.3 is 0 Å². The van der Waals surface area contributed by atoms with Crippen LogP contribution in [0.25, 0.3) is 0 Å². The number of nitrogens with zero attached hydrogens (tertiary/aromatic N) is 1. The predicted molar refractivity (Wildman–Crippen MR) is 97.8 cm³/mol. The molecule has 0 aliphatic carbocycles. The zero-order valence-corrected chi connectivity index (χ0v) is 15.0. The van der Waals surface area contributed by atoms with Crippen LogP contribution in [0, 0.1) is 0 Å². The van der Waals surface area contributed by atoms with Gasteiger partial charge in [0.25, 0.3) is 0 Å². The molecule has 0 amide bonds. The maximum atomic E-state index is 3.97. The second-order valence-electron chi connectivity index (χ2n) is 6.46. The summed E-state index contributed by atoms with van der Waals surface area (Å²) in [5, 5.41) is 0. The van der Waals surface area contributed by atoms with E-state index in [1.807, 2.05) is 6.20 Å². The summed E-state index contributed by atoms with van der Waals surface area (Å²) in [6, 6.07) is 0. The van der Waals surface area contributed by atoms with E-state index in [0.29, 0.717) is 0 Å². The molecule has 0 aliphatic rings. The lowest BCUT2D eigenvalue weighted by atomic mass is 10.1. The number of unbranched alkanes of at least 4 members (excludes halogenated alkanes) is 12. The van der Waals surface area contributed by atoms with Gasteiger partial charge in [-0.25, -0.2) is 0 Å². The molecule has 0 saturated carbocycles. The van der Waals surface area contributed by atoms with Crippen molar-refractivity contribution in [3.8, 4) is 0 Å². The highest BCUT2D eigenvalue weighted by molar-refractivity contribution is 4.70. The average Bonchev–Trinajstić information content (AvgIpc) is 2.51. The van der Waals surface area contributed by atoms with E-state index in [1.54, 1.807) is 0 Å². The quantitative estimate of drug-likeness (QED) is 0.263. The fourth-order valence-corrected chi connectivity index (χ4v) is 2.84. The average molecular weight is 296 g/mol. The first-order valence-corrected chi connectivity index (χ1v) is 9.71. The van der Waals surface area contributed by atoms with E-state index in [-0.39, 0.29) is 0 Å². The van der Waals surface area contributed by atoms with Crippen LogP contribution in [0.2, 0.25) is 0 Å². The molecule has 0 rings (SSSR count). The van der Waals surface area contributed by atoms with Crippen molar-refractivity contribution in [1.82, 2.24) is 4.90 Å². The van der Waals surface area contributed by atoms with Gasteiger partial charge in [-0.15, -0.1) is 0 Å². The highest BCUT2D eigenvalue weighted by Gasteiger charge is 1.99. The molecule has 0 atom stereocenters. The van der Waals surface area contributed by atoms with Crippen LogP contribution in [0.3, 0.4) is 0 Å². The first-order valence-electron chi connectivity index (χ1n) is 9.71. The third-order valence-corrected chi connectivity index (χ3v) is 4.36. The molecule has 0 saturated heterocycles. The minimum Gasteiger partial charge on any atom is -0.378 e. The number of hydrogen-bond acceptors (Lipinski definition) is 1. The van der Waals surface area contributed by atoms with Gasteiger partial charge in [-0.2, -0.15) is 0 Å². The van der Waals surface area contributed by atoms with Crippen LogP contribution in [0.1, 0.15) is 104 Å². The molecule has 0 aromatic carbocycles. The van der Waals surface area contributed by atoms with Gasteiger partial charge in [-0.1, -0.05) is 97.5 Å². The Balaban J connectivity index is 3.31. The molecule has 0 heterocycles.